The minimum atomic E-state index is -3.50. The van der Waals surface area contributed by atoms with Crippen LogP contribution in [0.15, 0.2) is 35.2 Å². The van der Waals surface area contributed by atoms with E-state index in [4.69, 9.17) is 0 Å². The minimum Gasteiger partial charge on any atom is -0.270 e. The van der Waals surface area contributed by atoms with Crippen LogP contribution in [0.2, 0.25) is 0 Å². The molecule has 12 heavy (non-hydrogen) atoms. The molecule has 0 amide bonds. The zero-order chi connectivity index (χ0) is 8.32. The predicted octanol–water partition coefficient (Wildman–Crippen LogP) is 1.02. The molecule has 5 heteroatoms. The van der Waals surface area contributed by atoms with Crippen molar-refractivity contribution in [2.24, 2.45) is 0 Å². The Morgan fingerprint density at radius 1 is 1.17 bits per heavy atom. The zero-order valence-electron chi connectivity index (χ0n) is 6.37. The summed E-state index contributed by atoms with van der Waals surface area (Å²) in [5, 5.41) is 0. The molecule has 0 radical (unpaired) electrons. The quantitative estimate of drug-likeness (QED) is 0.560. The van der Waals surface area contributed by atoms with E-state index in [2.05, 4.69) is 4.18 Å². The van der Waals surface area contributed by atoms with Crippen molar-refractivity contribution in [3.63, 3.8) is 0 Å². The molecule has 0 fully saturated rings. The van der Waals surface area contributed by atoms with E-state index in [9.17, 15) is 8.42 Å². The van der Waals surface area contributed by atoms with Crippen LogP contribution >= 0.6 is 0 Å². The Morgan fingerprint density at radius 2 is 1.67 bits per heavy atom. The van der Waals surface area contributed by atoms with E-state index in [1.165, 1.54) is 12.1 Å². The van der Waals surface area contributed by atoms with E-state index < -0.39 is 10.1 Å². The van der Waals surface area contributed by atoms with Crippen molar-refractivity contribution in [2.75, 3.05) is 7.11 Å². The van der Waals surface area contributed by atoms with E-state index in [1.807, 2.05) is 0 Å². The van der Waals surface area contributed by atoms with Gasteiger partial charge in [-0.05, 0) is 12.1 Å². The number of hydrogen-bond donors (Lipinski definition) is 0. The monoisotopic (exact) mass is 228 g/mol. The fraction of sp³-hybridized carbons (Fsp3) is 0.143. The van der Waals surface area contributed by atoms with E-state index in [1.54, 1.807) is 18.2 Å². The molecule has 1 rings (SSSR count). The SMILES string of the molecule is COS(=O)(=O)c1ccccc1.[Fe+2]. The Balaban J connectivity index is 0.00000121. The summed E-state index contributed by atoms with van der Waals surface area (Å²) in [5.74, 6) is 0. The second kappa shape index (κ2) is 4.62. The van der Waals surface area contributed by atoms with Crippen LogP contribution in [-0.4, -0.2) is 15.5 Å². The molecule has 0 aliphatic rings. The fourth-order valence-corrected chi connectivity index (χ4v) is 1.37. The molecule has 0 unspecified atom stereocenters. The summed E-state index contributed by atoms with van der Waals surface area (Å²) in [4.78, 5) is 0.183. The van der Waals surface area contributed by atoms with E-state index >= 15 is 0 Å². The smallest absolute Gasteiger partial charge is 0.270 e. The molecule has 0 aliphatic carbocycles. The van der Waals surface area contributed by atoms with Gasteiger partial charge in [0.15, 0.2) is 0 Å². The van der Waals surface area contributed by atoms with Gasteiger partial charge < -0.3 is 0 Å². The van der Waals surface area contributed by atoms with Crippen molar-refractivity contribution < 1.29 is 29.7 Å². The summed E-state index contributed by atoms with van der Waals surface area (Å²) in [5.41, 5.74) is 0. The average Bonchev–Trinajstić information content (AvgIpc) is 2.06. The summed E-state index contributed by atoms with van der Waals surface area (Å²) < 4.78 is 26.3. The van der Waals surface area contributed by atoms with Crippen molar-refractivity contribution in [1.82, 2.24) is 0 Å². The van der Waals surface area contributed by atoms with Crippen LogP contribution in [0.3, 0.4) is 0 Å². The topological polar surface area (TPSA) is 43.4 Å². The van der Waals surface area contributed by atoms with Gasteiger partial charge in [0.25, 0.3) is 10.1 Å². The van der Waals surface area contributed by atoms with Gasteiger partial charge in [0.1, 0.15) is 0 Å². The van der Waals surface area contributed by atoms with Gasteiger partial charge in [0.2, 0.25) is 0 Å². The van der Waals surface area contributed by atoms with Gasteiger partial charge in [0, 0.05) is 0 Å². The van der Waals surface area contributed by atoms with Gasteiger partial charge in [-0.1, -0.05) is 18.2 Å². The van der Waals surface area contributed by atoms with Crippen LogP contribution in [0.5, 0.6) is 0 Å². The van der Waals surface area contributed by atoms with Gasteiger partial charge in [-0.25, -0.2) is 0 Å². The first-order valence-corrected chi connectivity index (χ1v) is 4.43. The first-order chi connectivity index (χ1) is 5.17. The molecule has 0 aromatic heterocycles. The molecule has 1 aromatic rings. The second-order valence-corrected chi connectivity index (χ2v) is 3.65. The molecule has 0 saturated heterocycles. The Bertz CT molecular complexity index is 320. The molecule has 0 heterocycles. The van der Waals surface area contributed by atoms with Gasteiger partial charge in [-0.2, -0.15) is 8.42 Å². The third-order valence-corrected chi connectivity index (χ3v) is 2.54. The van der Waals surface area contributed by atoms with E-state index in [0.717, 1.165) is 7.11 Å². The second-order valence-electron chi connectivity index (χ2n) is 1.93. The Kier molecular flexibility index (Phi) is 4.49. The molecule has 3 nitrogen and oxygen atoms in total. The summed E-state index contributed by atoms with van der Waals surface area (Å²) in [6.45, 7) is 0. The van der Waals surface area contributed by atoms with Crippen molar-refractivity contribution in [3.8, 4) is 0 Å². The van der Waals surface area contributed by atoms with Crippen molar-refractivity contribution in [1.29, 1.82) is 0 Å². The van der Waals surface area contributed by atoms with Gasteiger partial charge >= 0.3 is 17.1 Å². The molecule has 0 aliphatic heterocycles. The Morgan fingerprint density at radius 3 is 2.08 bits per heavy atom. The standard InChI is InChI=1S/C7H8O3S.Fe/c1-10-11(8,9)7-5-3-2-4-6-7;/h2-6H,1H3;/q;+2. The third-order valence-electron chi connectivity index (χ3n) is 1.25. The molecule has 0 atom stereocenters. The van der Waals surface area contributed by atoms with Gasteiger partial charge in [-0.3, -0.25) is 4.18 Å². The van der Waals surface area contributed by atoms with Crippen molar-refractivity contribution >= 4 is 10.1 Å². The molecular formula is C7H8FeO3S+2. The maximum Gasteiger partial charge on any atom is 2.00 e. The minimum absolute atomic E-state index is 0. The number of benzene rings is 1. The zero-order valence-corrected chi connectivity index (χ0v) is 8.29. The molecule has 66 valence electrons. The predicted molar refractivity (Wildman–Crippen MR) is 40.6 cm³/mol. The molecule has 0 spiro atoms. The van der Waals surface area contributed by atoms with Crippen molar-refractivity contribution in [2.45, 2.75) is 4.90 Å². The maximum atomic E-state index is 11.0. The normalized spacial score (nSPS) is 10.4. The van der Waals surface area contributed by atoms with Crippen molar-refractivity contribution in [3.05, 3.63) is 30.3 Å². The van der Waals surface area contributed by atoms with Crippen LogP contribution in [0.25, 0.3) is 0 Å². The van der Waals surface area contributed by atoms with Crippen LogP contribution in [0, 0.1) is 0 Å². The third kappa shape index (κ3) is 2.60. The molecular weight excluding hydrogens is 220 g/mol. The van der Waals surface area contributed by atoms with Crippen LogP contribution in [0.4, 0.5) is 0 Å². The van der Waals surface area contributed by atoms with Gasteiger partial charge in [0.05, 0.1) is 12.0 Å². The van der Waals surface area contributed by atoms with E-state index in [0.29, 0.717) is 0 Å². The number of hydrogen-bond acceptors (Lipinski definition) is 3. The summed E-state index contributed by atoms with van der Waals surface area (Å²) in [6, 6.07) is 8.00. The summed E-state index contributed by atoms with van der Waals surface area (Å²) >= 11 is 0. The first kappa shape index (κ1) is 11.6. The molecule has 1 aromatic carbocycles. The van der Waals surface area contributed by atoms with Crippen LogP contribution < -0.4 is 0 Å². The Labute approximate surface area is 82.3 Å². The Hall–Kier alpha value is -0.351. The average molecular weight is 228 g/mol. The number of rotatable bonds is 2. The maximum absolute atomic E-state index is 11.0. The van der Waals surface area contributed by atoms with E-state index in [-0.39, 0.29) is 22.0 Å². The van der Waals surface area contributed by atoms with Crippen LogP contribution in [0.1, 0.15) is 0 Å². The molecule has 0 saturated carbocycles. The van der Waals surface area contributed by atoms with Gasteiger partial charge in [-0.15, -0.1) is 0 Å². The molecule has 0 bridgehead atoms. The van der Waals surface area contributed by atoms with Crippen LogP contribution in [-0.2, 0) is 31.4 Å². The molecule has 0 N–H and O–H groups in total. The largest absolute Gasteiger partial charge is 2.00 e. The summed E-state index contributed by atoms with van der Waals surface area (Å²) in [6.07, 6.45) is 0. The fourth-order valence-electron chi connectivity index (χ4n) is 0.683. The first-order valence-electron chi connectivity index (χ1n) is 3.02. The summed E-state index contributed by atoms with van der Waals surface area (Å²) in [7, 11) is -2.36.